The fraction of sp³-hybridized carbons (Fsp3) is 0.200. The van der Waals surface area contributed by atoms with E-state index in [2.05, 4.69) is 20.3 Å². The molecule has 3 rings (SSSR count). The summed E-state index contributed by atoms with van der Waals surface area (Å²) in [5, 5.41) is 10.4. The molecular weight excluding hydrogens is 416 g/mol. The summed E-state index contributed by atoms with van der Waals surface area (Å²) in [6.07, 6.45) is 2.22. The van der Waals surface area contributed by atoms with Crippen molar-refractivity contribution in [3.63, 3.8) is 0 Å². The Bertz CT molecular complexity index is 1090. The molecule has 3 N–H and O–H groups in total. The lowest BCUT2D eigenvalue weighted by Gasteiger charge is -2.07. The average molecular weight is 434 g/mol. The highest BCUT2D eigenvalue weighted by molar-refractivity contribution is 6.36. The predicted molar refractivity (Wildman–Crippen MR) is 115 cm³/mol. The lowest BCUT2D eigenvalue weighted by Crippen LogP contribution is -2.31. The minimum atomic E-state index is -0.519. The monoisotopic (exact) mass is 433 g/mol. The number of benzene rings is 2. The maximum atomic E-state index is 14.2. The second-order valence-electron chi connectivity index (χ2n) is 6.23. The van der Waals surface area contributed by atoms with Crippen LogP contribution in [0.5, 0.6) is 0 Å². The van der Waals surface area contributed by atoms with Gasteiger partial charge in [0, 0.05) is 24.7 Å². The van der Waals surface area contributed by atoms with Gasteiger partial charge in [-0.15, -0.1) is 0 Å². The van der Waals surface area contributed by atoms with Crippen molar-refractivity contribution in [2.24, 2.45) is 4.99 Å². The Morgan fingerprint density at radius 2 is 2.14 bits per heavy atom. The van der Waals surface area contributed by atoms with Gasteiger partial charge in [-0.1, -0.05) is 36.2 Å². The van der Waals surface area contributed by atoms with Crippen LogP contribution in [-0.2, 0) is 0 Å². The number of carbonyl (C=O) groups excluding carboxylic acids is 1. The quantitative estimate of drug-likeness (QED) is 0.365. The van der Waals surface area contributed by atoms with Gasteiger partial charge in [-0.05, 0) is 30.7 Å². The molecule has 0 aliphatic heterocycles. The number of aromatic amines is 1. The molecule has 0 saturated heterocycles. The van der Waals surface area contributed by atoms with Crippen LogP contribution in [0, 0.1) is 11.2 Å². The first kappa shape index (κ1) is 21.0. The normalized spacial score (nSPS) is 11.7. The molecule has 1 amide bonds. The molecule has 0 saturated carbocycles. The molecule has 3 aromatic rings. The molecule has 0 bridgehead atoms. The van der Waals surface area contributed by atoms with Crippen LogP contribution in [0.4, 0.5) is 4.39 Å². The molecule has 0 spiro atoms. The maximum Gasteiger partial charge on any atom is 0.256 e. The topological polar surface area (TPSA) is 94.0 Å². The third kappa shape index (κ3) is 4.63. The molecular formula is C20H18Cl2FN5O. The van der Waals surface area contributed by atoms with E-state index in [-0.39, 0.29) is 33.4 Å². The molecule has 0 atom stereocenters. The molecule has 150 valence electrons. The SMILES string of the molecule is CCCN=C(CC=N)NC(=O)c1cc(Cl)c2nc(-c3c(F)cccc3Cl)[nH]c2c1. The number of hydrogen-bond donors (Lipinski definition) is 3. The van der Waals surface area contributed by atoms with Gasteiger partial charge >= 0.3 is 0 Å². The molecule has 29 heavy (non-hydrogen) atoms. The van der Waals surface area contributed by atoms with Gasteiger partial charge in [-0.3, -0.25) is 9.79 Å². The van der Waals surface area contributed by atoms with Gasteiger partial charge in [0.2, 0.25) is 0 Å². The number of rotatable bonds is 6. The molecule has 0 fully saturated rings. The van der Waals surface area contributed by atoms with Crippen molar-refractivity contribution >= 4 is 52.2 Å². The van der Waals surface area contributed by atoms with Gasteiger partial charge in [-0.2, -0.15) is 0 Å². The number of halogens is 3. The van der Waals surface area contributed by atoms with Crippen molar-refractivity contribution in [1.82, 2.24) is 15.3 Å². The van der Waals surface area contributed by atoms with Gasteiger partial charge in [0.25, 0.3) is 5.91 Å². The van der Waals surface area contributed by atoms with Crippen LogP contribution in [-0.4, -0.2) is 34.5 Å². The molecule has 9 heteroatoms. The van der Waals surface area contributed by atoms with Crippen molar-refractivity contribution in [3.05, 3.63) is 51.8 Å². The Morgan fingerprint density at radius 3 is 2.83 bits per heavy atom. The highest BCUT2D eigenvalue weighted by atomic mass is 35.5. The number of amidine groups is 1. The Hall–Kier alpha value is -2.77. The van der Waals surface area contributed by atoms with Crippen LogP contribution < -0.4 is 5.32 Å². The summed E-state index contributed by atoms with van der Waals surface area (Å²) in [5.74, 6) is -0.303. The number of nitrogens with one attached hydrogen (secondary N) is 3. The van der Waals surface area contributed by atoms with E-state index in [1.54, 1.807) is 12.1 Å². The molecule has 1 heterocycles. The lowest BCUT2D eigenvalue weighted by molar-refractivity contribution is 0.0976. The van der Waals surface area contributed by atoms with Crippen LogP contribution in [0.2, 0.25) is 10.0 Å². The summed E-state index contributed by atoms with van der Waals surface area (Å²) in [6, 6.07) is 7.41. The Kier molecular flexibility index (Phi) is 6.61. The van der Waals surface area contributed by atoms with E-state index >= 15 is 0 Å². The molecule has 0 unspecified atom stereocenters. The van der Waals surface area contributed by atoms with Crippen molar-refractivity contribution < 1.29 is 9.18 Å². The van der Waals surface area contributed by atoms with E-state index in [9.17, 15) is 9.18 Å². The van der Waals surface area contributed by atoms with Crippen molar-refractivity contribution in [2.45, 2.75) is 19.8 Å². The van der Waals surface area contributed by atoms with Gasteiger partial charge in [0.15, 0.2) is 0 Å². The maximum absolute atomic E-state index is 14.2. The number of H-pyrrole nitrogens is 1. The zero-order valence-corrected chi connectivity index (χ0v) is 17.0. The third-order valence-electron chi connectivity index (χ3n) is 4.08. The number of hydrogen-bond acceptors (Lipinski definition) is 4. The van der Waals surface area contributed by atoms with E-state index in [0.29, 0.717) is 23.4 Å². The average Bonchev–Trinajstić information content (AvgIpc) is 3.10. The van der Waals surface area contributed by atoms with Gasteiger partial charge in [0.05, 0.1) is 21.1 Å². The molecule has 6 nitrogen and oxygen atoms in total. The summed E-state index contributed by atoms with van der Waals surface area (Å²) in [4.78, 5) is 24.2. The largest absolute Gasteiger partial charge is 0.338 e. The Balaban J connectivity index is 1.97. The summed E-state index contributed by atoms with van der Waals surface area (Å²) in [7, 11) is 0. The van der Waals surface area contributed by atoms with Gasteiger partial charge in [0.1, 0.15) is 23.0 Å². The van der Waals surface area contributed by atoms with E-state index in [4.69, 9.17) is 28.6 Å². The van der Waals surface area contributed by atoms with Crippen molar-refractivity contribution in [1.29, 1.82) is 5.41 Å². The molecule has 0 radical (unpaired) electrons. The first-order valence-electron chi connectivity index (χ1n) is 8.91. The standard InChI is InChI=1S/C20H18Cl2FN5O/c1-2-8-25-16(6-7-24)27-20(29)11-9-13(22)18-15(10-11)26-19(28-18)17-12(21)4-3-5-14(17)23/h3-5,7,9-10,24H,2,6,8H2,1H3,(H,26,28)(H,25,27,29). The van der Waals surface area contributed by atoms with Crippen LogP contribution in [0.25, 0.3) is 22.4 Å². The van der Waals surface area contributed by atoms with Crippen molar-refractivity contribution in [2.75, 3.05) is 6.54 Å². The summed E-state index contributed by atoms with van der Waals surface area (Å²) in [6.45, 7) is 2.52. The van der Waals surface area contributed by atoms with Gasteiger partial charge in [-0.25, -0.2) is 9.37 Å². The fourth-order valence-electron chi connectivity index (χ4n) is 2.75. The minimum absolute atomic E-state index is 0.132. The Morgan fingerprint density at radius 1 is 1.34 bits per heavy atom. The highest BCUT2D eigenvalue weighted by Crippen LogP contribution is 2.32. The van der Waals surface area contributed by atoms with Crippen LogP contribution in [0.15, 0.2) is 35.3 Å². The molecule has 1 aromatic heterocycles. The smallest absolute Gasteiger partial charge is 0.256 e. The number of nitrogens with zero attached hydrogens (tertiary/aromatic N) is 2. The summed E-state index contributed by atoms with van der Waals surface area (Å²) >= 11 is 12.4. The number of fused-ring (bicyclic) bond motifs is 1. The van der Waals surface area contributed by atoms with Gasteiger partial charge < -0.3 is 15.7 Å². The van der Waals surface area contributed by atoms with E-state index in [1.807, 2.05) is 6.92 Å². The van der Waals surface area contributed by atoms with Crippen LogP contribution >= 0.6 is 23.2 Å². The fourth-order valence-corrected chi connectivity index (χ4v) is 3.26. The number of aromatic nitrogens is 2. The first-order chi connectivity index (χ1) is 13.9. The highest BCUT2D eigenvalue weighted by Gasteiger charge is 2.18. The van der Waals surface area contributed by atoms with E-state index in [0.717, 1.165) is 6.42 Å². The number of carbonyl (C=O) groups is 1. The zero-order valence-electron chi connectivity index (χ0n) is 15.5. The summed E-state index contributed by atoms with van der Waals surface area (Å²) in [5.41, 5.74) is 1.28. The third-order valence-corrected chi connectivity index (χ3v) is 4.68. The number of aliphatic imine (C=N–C) groups is 1. The van der Waals surface area contributed by atoms with Crippen LogP contribution in [0.3, 0.4) is 0 Å². The lowest BCUT2D eigenvalue weighted by atomic mass is 10.2. The number of imidazole rings is 1. The molecule has 0 aliphatic carbocycles. The zero-order chi connectivity index (χ0) is 21.0. The van der Waals surface area contributed by atoms with E-state index < -0.39 is 11.7 Å². The molecule has 2 aromatic carbocycles. The second-order valence-corrected chi connectivity index (χ2v) is 7.04. The second kappa shape index (κ2) is 9.15. The van der Waals surface area contributed by atoms with Crippen molar-refractivity contribution in [3.8, 4) is 11.4 Å². The Labute approximate surface area is 176 Å². The predicted octanol–water partition coefficient (Wildman–Crippen LogP) is 5.25. The minimum Gasteiger partial charge on any atom is -0.338 e. The number of amides is 1. The molecule has 0 aliphatic rings. The summed E-state index contributed by atoms with van der Waals surface area (Å²) < 4.78 is 14.2. The van der Waals surface area contributed by atoms with Crippen LogP contribution in [0.1, 0.15) is 30.1 Å². The first-order valence-corrected chi connectivity index (χ1v) is 9.67. The van der Waals surface area contributed by atoms with E-state index in [1.165, 1.54) is 24.4 Å².